The molecule has 0 amide bonds. The Hall–Kier alpha value is 0. The van der Waals surface area contributed by atoms with Gasteiger partial charge < -0.3 is 0 Å². The molecule has 0 aromatic carbocycles. The van der Waals surface area contributed by atoms with Gasteiger partial charge in [0.1, 0.15) is 0 Å². The summed E-state index contributed by atoms with van der Waals surface area (Å²) in [7, 11) is 0. The van der Waals surface area contributed by atoms with Crippen LogP contribution in [0, 0.1) is 23.7 Å². The van der Waals surface area contributed by atoms with Crippen molar-refractivity contribution in [2.45, 2.75) is 80.1 Å². The summed E-state index contributed by atoms with van der Waals surface area (Å²) in [5.74, 6) is 3.70. The van der Waals surface area contributed by atoms with Gasteiger partial charge >= 0.3 is 0 Å². The van der Waals surface area contributed by atoms with Crippen LogP contribution >= 0.6 is 0 Å². The molecule has 1 saturated carbocycles. The van der Waals surface area contributed by atoms with Crippen LogP contribution in [0.4, 0.5) is 0 Å². The highest BCUT2D eigenvalue weighted by Crippen LogP contribution is 2.28. The normalized spacial score (nSPS) is 17.8. The van der Waals surface area contributed by atoms with E-state index in [0.29, 0.717) is 0 Å². The third kappa shape index (κ3) is 9.24. The van der Waals surface area contributed by atoms with Crippen LogP contribution in [-0.2, 0) is 0 Å². The molecule has 1 fully saturated rings. The van der Waals surface area contributed by atoms with Crippen molar-refractivity contribution in [3.8, 4) is 0 Å². The van der Waals surface area contributed by atoms with Crippen molar-refractivity contribution in [2.24, 2.45) is 23.7 Å². The zero-order chi connectivity index (χ0) is 12.6. The van der Waals surface area contributed by atoms with Crippen LogP contribution in [0.5, 0.6) is 0 Å². The summed E-state index contributed by atoms with van der Waals surface area (Å²) >= 11 is 0. The van der Waals surface area contributed by atoms with Crippen molar-refractivity contribution in [1.29, 1.82) is 0 Å². The lowest BCUT2D eigenvalue weighted by Crippen LogP contribution is -2.08. The lowest BCUT2D eigenvalue weighted by Gasteiger charge is -2.22. The first-order chi connectivity index (χ1) is 7.43. The molecule has 0 unspecified atom stereocenters. The van der Waals surface area contributed by atoms with Crippen LogP contribution in [0.2, 0.25) is 0 Å². The molecule has 16 heavy (non-hydrogen) atoms. The zero-order valence-electron chi connectivity index (χ0n) is 12.6. The topological polar surface area (TPSA) is 0 Å². The second-order valence-electron chi connectivity index (χ2n) is 6.62. The second-order valence-corrected chi connectivity index (χ2v) is 6.62. The van der Waals surface area contributed by atoms with Crippen LogP contribution in [0.3, 0.4) is 0 Å². The predicted molar refractivity (Wildman–Crippen MR) is 75.7 cm³/mol. The van der Waals surface area contributed by atoms with E-state index in [1.165, 1.54) is 38.5 Å². The van der Waals surface area contributed by atoms with E-state index in [4.69, 9.17) is 0 Å². The molecule has 0 nitrogen and oxygen atoms in total. The monoisotopic (exact) mass is 226 g/mol. The molecule has 1 aliphatic rings. The van der Waals surface area contributed by atoms with E-state index in [-0.39, 0.29) is 0 Å². The van der Waals surface area contributed by atoms with E-state index in [1.54, 1.807) is 0 Å². The average Bonchev–Trinajstić information content (AvgIpc) is 2.19. The van der Waals surface area contributed by atoms with Crippen molar-refractivity contribution in [1.82, 2.24) is 0 Å². The molecule has 0 bridgehead atoms. The Morgan fingerprint density at radius 3 is 1.50 bits per heavy atom. The van der Waals surface area contributed by atoms with Crippen LogP contribution in [0.25, 0.3) is 0 Å². The summed E-state index contributed by atoms with van der Waals surface area (Å²) in [6, 6.07) is 0. The van der Waals surface area contributed by atoms with Crippen LogP contribution in [0.15, 0.2) is 0 Å². The predicted octanol–water partition coefficient (Wildman–Crippen LogP) is 5.91. The smallest absolute Gasteiger partial charge is 0.0412 e. The van der Waals surface area contributed by atoms with Crippen LogP contribution in [-0.4, -0.2) is 0 Å². The summed E-state index contributed by atoms with van der Waals surface area (Å²) in [4.78, 5) is 0. The maximum atomic E-state index is 2.34. The second kappa shape index (κ2) is 9.07. The number of hydrogen-bond acceptors (Lipinski definition) is 0. The van der Waals surface area contributed by atoms with Crippen molar-refractivity contribution in [3.63, 3.8) is 0 Å². The Kier molecular flexibility index (Phi) is 9.07. The fraction of sp³-hybridized carbons (Fsp3) is 1.00. The van der Waals surface area contributed by atoms with Crippen molar-refractivity contribution in [3.05, 3.63) is 0 Å². The van der Waals surface area contributed by atoms with Gasteiger partial charge in [0.2, 0.25) is 0 Å². The maximum absolute atomic E-state index is 2.34. The molecule has 0 heterocycles. The first-order valence-electron chi connectivity index (χ1n) is 7.43. The van der Waals surface area contributed by atoms with Crippen molar-refractivity contribution in [2.75, 3.05) is 0 Å². The van der Waals surface area contributed by atoms with Crippen LogP contribution in [0.1, 0.15) is 80.1 Å². The van der Waals surface area contributed by atoms with Gasteiger partial charge in [0.25, 0.3) is 0 Å². The molecule has 0 aliphatic heterocycles. The van der Waals surface area contributed by atoms with Gasteiger partial charge in [-0.1, -0.05) is 73.6 Å². The molecule has 1 aliphatic carbocycles. The Morgan fingerprint density at radius 2 is 1.19 bits per heavy atom. The third-order valence-electron chi connectivity index (χ3n) is 3.86. The minimum atomic E-state index is 0.852. The summed E-state index contributed by atoms with van der Waals surface area (Å²) in [5.41, 5.74) is 0. The molecule has 0 saturated heterocycles. The first-order valence-corrected chi connectivity index (χ1v) is 7.43. The van der Waals surface area contributed by atoms with Gasteiger partial charge in [0.15, 0.2) is 0 Å². The fourth-order valence-corrected chi connectivity index (χ4v) is 2.09. The van der Waals surface area contributed by atoms with Gasteiger partial charge in [0.05, 0.1) is 0 Å². The maximum Gasteiger partial charge on any atom is -0.0412 e. The van der Waals surface area contributed by atoms with Gasteiger partial charge in [-0.2, -0.15) is 0 Å². The molecule has 98 valence electrons. The fourth-order valence-electron chi connectivity index (χ4n) is 2.09. The molecular formula is C16H34. The quantitative estimate of drug-likeness (QED) is 0.561. The Morgan fingerprint density at radius 1 is 0.750 bits per heavy atom. The number of hydrogen-bond donors (Lipinski definition) is 0. The Labute approximate surface area is 104 Å². The summed E-state index contributed by atoms with van der Waals surface area (Å²) in [6.07, 6.45) is 8.99. The third-order valence-corrected chi connectivity index (χ3v) is 3.86. The largest absolute Gasteiger partial charge is 0.0628 e. The van der Waals surface area contributed by atoms with Gasteiger partial charge in [-0.3, -0.25) is 0 Å². The minimum Gasteiger partial charge on any atom is -0.0628 e. The molecule has 0 N–H and O–H groups in total. The lowest BCUT2D eigenvalue weighted by molar-refractivity contribution is 0.305. The SMILES string of the molecule is CC(C)C(C)C.CC(C)CC1CCCCC1. The molecule has 0 radical (unpaired) electrons. The Balaban J connectivity index is 0.000000325. The zero-order valence-corrected chi connectivity index (χ0v) is 12.6. The molecule has 0 aromatic heterocycles. The standard InChI is InChI=1S/C10H20.C6H14/c1-9(2)8-10-6-4-3-5-7-10;1-5(2)6(3)4/h9-10H,3-8H2,1-2H3;5-6H,1-4H3. The number of rotatable bonds is 3. The Bertz CT molecular complexity index is 132. The minimum absolute atomic E-state index is 0.852. The van der Waals surface area contributed by atoms with E-state index in [2.05, 4.69) is 41.5 Å². The lowest BCUT2D eigenvalue weighted by atomic mass is 9.84. The van der Waals surface area contributed by atoms with Gasteiger partial charge in [-0.25, -0.2) is 0 Å². The molecule has 1 rings (SSSR count). The summed E-state index contributed by atoms with van der Waals surface area (Å²) in [5, 5.41) is 0. The first kappa shape index (κ1) is 16.0. The molecule has 0 heteroatoms. The van der Waals surface area contributed by atoms with Crippen LogP contribution < -0.4 is 0 Å². The highest BCUT2D eigenvalue weighted by Gasteiger charge is 2.13. The molecule has 0 atom stereocenters. The van der Waals surface area contributed by atoms with E-state index in [1.807, 2.05) is 0 Å². The van der Waals surface area contributed by atoms with E-state index < -0.39 is 0 Å². The van der Waals surface area contributed by atoms with Crippen molar-refractivity contribution < 1.29 is 0 Å². The molecular weight excluding hydrogens is 192 g/mol. The van der Waals surface area contributed by atoms with Gasteiger partial charge in [0, 0.05) is 0 Å². The van der Waals surface area contributed by atoms with E-state index in [9.17, 15) is 0 Å². The average molecular weight is 226 g/mol. The molecule has 0 spiro atoms. The van der Waals surface area contributed by atoms with Gasteiger partial charge in [-0.15, -0.1) is 0 Å². The van der Waals surface area contributed by atoms with E-state index >= 15 is 0 Å². The van der Waals surface area contributed by atoms with Gasteiger partial charge in [-0.05, 0) is 30.1 Å². The summed E-state index contributed by atoms with van der Waals surface area (Å²) < 4.78 is 0. The van der Waals surface area contributed by atoms with E-state index in [0.717, 1.165) is 23.7 Å². The van der Waals surface area contributed by atoms with Crippen molar-refractivity contribution >= 4 is 0 Å². The highest BCUT2D eigenvalue weighted by atomic mass is 14.2. The highest BCUT2D eigenvalue weighted by molar-refractivity contribution is 4.66. The molecule has 0 aromatic rings. The summed E-state index contributed by atoms with van der Waals surface area (Å²) in [6.45, 7) is 13.6.